The standard InChI is InChI=1S/C26H22N2/c1-19-13-15-22(16-14-19)28(25-12-6-10-20-7-4-5-11-23(20)25)26-18-17-24(27-26)21-8-2-3-9-21/h2-8,10-18,26H,9H2,1H3. The molecule has 0 amide bonds. The average molecular weight is 362 g/mol. The second-order valence-corrected chi connectivity index (χ2v) is 7.32. The maximum absolute atomic E-state index is 5.08. The predicted molar refractivity (Wildman–Crippen MR) is 119 cm³/mol. The van der Waals surface area contributed by atoms with Crippen LogP contribution in [0.1, 0.15) is 12.0 Å². The van der Waals surface area contributed by atoms with Gasteiger partial charge in [-0.2, -0.15) is 0 Å². The lowest BCUT2D eigenvalue weighted by atomic mass is 10.1. The van der Waals surface area contributed by atoms with E-state index >= 15 is 0 Å². The van der Waals surface area contributed by atoms with Crippen LogP contribution >= 0.6 is 0 Å². The Labute approximate surface area is 165 Å². The maximum atomic E-state index is 5.08. The van der Waals surface area contributed by atoms with Gasteiger partial charge >= 0.3 is 0 Å². The van der Waals surface area contributed by atoms with Gasteiger partial charge in [-0.3, -0.25) is 4.99 Å². The molecule has 1 aliphatic heterocycles. The summed E-state index contributed by atoms with van der Waals surface area (Å²) in [5, 5.41) is 2.48. The van der Waals surface area contributed by atoms with E-state index in [4.69, 9.17) is 4.99 Å². The molecule has 0 radical (unpaired) electrons. The third kappa shape index (κ3) is 2.97. The molecule has 5 rings (SSSR count). The van der Waals surface area contributed by atoms with Gasteiger partial charge in [-0.25, -0.2) is 0 Å². The SMILES string of the molecule is Cc1ccc(N(c2cccc3ccccc23)C2C=CC(C3=CC=CC3)=N2)cc1. The fourth-order valence-corrected chi connectivity index (χ4v) is 3.93. The van der Waals surface area contributed by atoms with Crippen molar-refractivity contribution < 1.29 is 0 Å². The topological polar surface area (TPSA) is 15.6 Å². The molecule has 28 heavy (non-hydrogen) atoms. The molecule has 2 heteroatoms. The molecule has 136 valence electrons. The van der Waals surface area contributed by atoms with Crippen molar-refractivity contribution in [2.45, 2.75) is 19.5 Å². The molecule has 0 N–H and O–H groups in total. The highest BCUT2D eigenvalue weighted by atomic mass is 15.3. The summed E-state index contributed by atoms with van der Waals surface area (Å²) < 4.78 is 0. The van der Waals surface area contributed by atoms with Gasteiger partial charge < -0.3 is 4.90 Å². The van der Waals surface area contributed by atoms with Gasteiger partial charge in [0.15, 0.2) is 0 Å². The number of benzene rings is 3. The molecule has 0 saturated carbocycles. The van der Waals surface area contributed by atoms with Crippen LogP contribution < -0.4 is 4.90 Å². The minimum Gasteiger partial charge on any atom is -0.315 e. The minimum atomic E-state index is -0.0509. The van der Waals surface area contributed by atoms with Crippen LogP contribution in [0, 0.1) is 6.92 Å². The van der Waals surface area contributed by atoms with Crippen molar-refractivity contribution in [1.82, 2.24) is 0 Å². The van der Waals surface area contributed by atoms with Crippen LogP contribution in [-0.4, -0.2) is 11.9 Å². The third-order valence-electron chi connectivity index (χ3n) is 5.40. The number of hydrogen-bond donors (Lipinski definition) is 0. The van der Waals surface area contributed by atoms with Crippen molar-refractivity contribution >= 4 is 27.9 Å². The highest BCUT2D eigenvalue weighted by molar-refractivity contribution is 6.11. The van der Waals surface area contributed by atoms with Gasteiger partial charge in [-0.15, -0.1) is 0 Å². The first-order valence-electron chi connectivity index (χ1n) is 9.75. The zero-order valence-corrected chi connectivity index (χ0v) is 15.9. The van der Waals surface area contributed by atoms with Gasteiger partial charge in [0.25, 0.3) is 0 Å². The van der Waals surface area contributed by atoms with E-state index in [1.165, 1.54) is 27.6 Å². The van der Waals surface area contributed by atoms with E-state index < -0.39 is 0 Å². The molecule has 0 bridgehead atoms. The van der Waals surface area contributed by atoms with Crippen LogP contribution in [0.2, 0.25) is 0 Å². The van der Waals surface area contributed by atoms with Crippen molar-refractivity contribution in [2.24, 2.45) is 4.99 Å². The number of anilines is 2. The first kappa shape index (κ1) is 16.8. The summed E-state index contributed by atoms with van der Waals surface area (Å²) in [6, 6.07) is 23.8. The predicted octanol–water partition coefficient (Wildman–Crippen LogP) is 6.51. The van der Waals surface area contributed by atoms with Crippen molar-refractivity contribution in [3.63, 3.8) is 0 Å². The molecule has 0 aromatic heterocycles. The number of allylic oxidation sites excluding steroid dienone is 5. The molecule has 0 fully saturated rings. The summed E-state index contributed by atoms with van der Waals surface area (Å²) in [4.78, 5) is 7.42. The molecule has 3 aromatic rings. The highest BCUT2D eigenvalue weighted by Crippen LogP contribution is 2.36. The van der Waals surface area contributed by atoms with Gasteiger partial charge in [0.2, 0.25) is 0 Å². The molecule has 2 aliphatic rings. The van der Waals surface area contributed by atoms with Crippen LogP contribution in [0.4, 0.5) is 11.4 Å². The Morgan fingerprint density at radius 2 is 1.75 bits per heavy atom. The first-order chi connectivity index (χ1) is 13.8. The van der Waals surface area contributed by atoms with Crippen LogP contribution in [0.25, 0.3) is 10.8 Å². The summed E-state index contributed by atoms with van der Waals surface area (Å²) in [5.74, 6) is 0. The average Bonchev–Trinajstić information content (AvgIpc) is 3.42. The summed E-state index contributed by atoms with van der Waals surface area (Å²) in [7, 11) is 0. The molecule has 0 saturated heterocycles. The minimum absolute atomic E-state index is 0.0509. The number of aryl methyl sites for hydroxylation is 1. The molecular formula is C26H22N2. The lowest BCUT2D eigenvalue weighted by Gasteiger charge is -2.30. The van der Waals surface area contributed by atoms with Crippen molar-refractivity contribution in [3.8, 4) is 0 Å². The van der Waals surface area contributed by atoms with E-state index in [1.54, 1.807) is 0 Å². The Morgan fingerprint density at radius 3 is 2.57 bits per heavy atom. The third-order valence-corrected chi connectivity index (χ3v) is 5.40. The fraction of sp³-hybridized carbons (Fsp3) is 0.115. The van der Waals surface area contributed by atoms with E-state index in [0.29, 0.717) is 0 Å². The summed E-state index contributed by atoms with van der Waals surface area (Å²) in [6.45, 7) is 2.12. The van der Waals surface area contributed by atoms with Gasteiger partial charge in [-0.05, 0) is 54.7 Å². The van der Waals surface area contributed by atoms with Gasteiger partial charge in [0, 0.05) is 11.1 Å². The normalized spacial score (nSPS) is 17.8. The number of aliphatic imine (C=N–C) groups is 1. The first-order valence-corrected chi connectivity index (χ1v) is 9.75. The molecule has 2 nitrogen and oxygen atoms in total. The highest BCUT2D eigenvalue weighted by Gasteiger charge is 2.24. The van der Waals surface area contributed by atoms with E-state index in [9.17, 15) is 0 Å². The summed E-state index contributed by atoms with van der Waals surface area (Å²) in [5.41, 5.74) is 5.98. The molecule has 1 heterocycles. The van der Waals surface area contributed by atoms with Crippen molar-refractivity contribution in [3.05, 3.63) is 108 Å². The van der Waals surface area contributed by atoms with E-state index in [2.05, 4.69) is 109 Å². The number of fused-ring (bicyclic) bond motifs is 1. The second-order valence-electron chi connectivity index (χ2n) is 7.32. The molecular weight excluding hydrogens is 340 g/mol. The number of hydrogen-bond acceptors (Lipinski definition) is 2. The van der Waals surface area contributed by atoms with Gasteiger partial charge in [0.1, 0.15) is 6.17 Å². The van der Waals surface area contributed by atoms with Crippen LogP contribution in [-0.2, 0) is 0 Å². The second kappa shape index (κ2) is 6.97. The lowest BCUT2D eigenvalue weighted by molar-refractivity contribution is 0.842. The largest absolute Gasteiger partial charge is 0.315 e. The maximum Gasteiger partial charge on any atom is 0.145 e. The van der Waals surface area contributed by atoms with Crippen LogP contribution in [0.15, 0.2) is 108 Å². The Kier molecular flexibility index (Phi) is 4.17. The van der Waals surface area contributed by atoms with Crippen molar-refractivity contribution in [1.29, 1.82) is 0 Å². The summed E-state index contributed by atoms with van der Waals surface area (Å²) in [6.07, 6.45) is 11.7. The fourth-order valence-electron chi connectivity index (χ4n) is 3.93. The van der Waals surface area contributed by atoms with E-state index in [0.717, 1.165) is 17.8 Å². The van der Waals surface area contributed by atoms with Crippen molar-refractivity contribution in [2.75, 3.05) is 4.90 Å². The van der Waals surface area contributed by atoms with Crippen LogP contribution in [0.5, 0.6) is 0 Å². The van der Waals surface area contributed by atoms with Crippen LogP contribution in [0.3, 0.4) is 0 Å². The number of nitrogens with zero attached hydrogens (tertiary/aromatic N) is 2. The van der Waals surface area contributed by atoms with E-state index in [1.807, 2.05) is 0 Å². The zero-order valence-electron chi connectivity index (χ0n) is 15.9. The molecule has 1 atom stereocenters. The quantitative estimate of drug-likeness (QED) is 0.516. The lowest BCUT2D eigenvalue weighted by Crippen LogP contribution is -2.27. The Bertz CT molecular complexity index is 1140. The summed E-state index contributed by atoms with van der Waals surface area (Å²) >= 11 is 0. The Hall–Kier alpha value is -3.39. The van der Waals surface area contributed by atoms with Gasteiger partial charge in [-0.1, -0.05) is 72.3 Å². The zero-order chi connectivity index (χ0) is 18.9. The number of rotatable bonds is 4. The smallest absolute Gasteiger partial charge is 0.145 e. The molecule has 1 aliphatic carbocycles. The Balaban J connectivity index is 1.64. The molecule has 3 aromatic carbocycles. The Morgan fingerprint density at radius 1 is 0.929 bits per heavy atom. The monoisotopic (exact) mass is 362 g/mol. The molecule has 0 spiro atoms. The molecule has 1 unspecified atom stereocenters. The van der Waals surface area contributed by atoms with Gasteiger partial charge in [0.05, 0.1) is 11.4 Å². The van der Waals surface area contributed by atoms with E-state index in [-0.39, 0.29) is 6.17 Å².